The third-order valence-electron chi connectivity index (χ3n) is 3.51. The van der Waals surface area contributed by atoms with E-state index in [4.69, 9.17) is 5.73 Å². The number of urea groups is 1. The average molecular weight is 265 g/mol. The molecule has 2 amide bonds. The van der Waals surface area contributed by atoms with Crippen LogP contribution in [0.15, 0.2) is 59.7 Å². The highest BCUT2D eigenvalue weighted by molar-refractivity contribution is 6.00. The zero-order valence-corrected chi connectivity index (χ0v) is 10.9. The van der Waals surface area contributed by atoms with Crippen molar-refractivity contribution in [1.29, 1.82) is 0 Å². The van der Waals surface area contributed by atoms with Gasteiger partial charge in [-0.2, -0.15) is 5.10 Å². The smallest absolute Gasteiger partial charge is 0.332 e. The van der Waals surface area contributed by atoms with Gasteiger partial charge in [0, 0.05) is 12.3 Å². The average Bonchev–Trinajstić information content (AvgIpc) is 2.84. The van der Waals surface area contributed by atoms with Crippen LogP contribution in [0.4, 0.5) is 4.79 Å². The number of nitrogens with two attached hydrogens (primary N) is 1. The Labute approximate surface area is 117 Å². The number of nitrogens with zero attached hydrogens (tertiary/aromatic N) is 1. The molecule has 0 fully saturated rings. The fourth-order valence-corrected chi connectivity index (χ4v) is 2.70. The molecule has 0 spiro atoms. The maximum atomic E-state index is 10.9. The van der Waals surface area contributed by atoms with Gasteiger partial charge < -0.3 is 5.73 Å². The molecule has 20 heavy (non-hydrogen) atoms. The highest BCUT2D eigenvalue weighted by Gasteiger charge is 2.29. The van der Waals surface area contributed by atoms with E-state index in [1.165, 1.54) is 16.7 Å². The lowest BCUT2D eigenvalue weighted by atomic mass is 9.92. The van der Waals surface area contributed by atoms with Gasteiger partial charge in [0.05, 0.1) is 5.71 Å². The van der Waals surface area contributed by atoms with Crippen LogP contribution in [0.1, 0.15) is 22.6 Å². The van der Waals surface area contributed by atoms with E-state index in [0.29, 0.717) is 0 Å². The standard InChI is InChI=1S/C16H15N3O/c17-16(20)19-18-14-10-12-8-4-5-9-13(12)15(14)11-6-2-1-3-7-11/h1-9,15H,10H2,(H3,17,19,20). The van der Waals surface area contributed by atoms with E-state index in [-0.39, 0.29) is 5.92 Å². The van der Waals surface area contributed by atoms with Gasteiger partial charge in [-0.1, -0.05) is 54.6 Å². The minimum Gasteiger partial charge on any atom is -0.350 e. The Balaban J connectivity index is 2.05. The zero-order chi connectivity index (χ0) is 13.9. The van der Waals surface area contributed by atoms with E-state index in [1.54, 1.807) is 0 Å². The predicted molar refractivity (Wildman–Crippen MR) is 78.6 cm³/mol. The lowest BCUT2D eigenvalue weighted by Gasteiger charge is -2.13. The van der Waals surface area contributed by atoms with Crippen molar-refractivity contribution in [3.05, 3.63) is 71.3 Å². The highest BCUT2D eigenvalue weighted by Crippen LogP contribution is 2.35. The van der Waals surface area contributed by atoms with Crippen LogP contribution in [0.25, 0.3) is 0 Å². The summed E-state index contributed by atoms with van der Waals surface area (Å²) in [7, 11) is 0. The van der Waals surface area contributed by atoms with Gasteiger partial charge in [0.2, 0.25) is 0 Å². The van der Waals surface area contributed by atoms with Crippen LogP contribution in [0.3, 0.4) is 0 Å². The second-order valence-corrected chi connectivity index (χ2v) is 4.80. The second-order valence-electron chi connectivity index (χ2n) is 4.80. The van der Waals surface area contributed by atoms with E-state index < -0.39 is 6.03 Å². The molecule has 3 rings (SSSR count). The second kappa shape index (κ2) is 5.17. The highest BCUT2D eigenvalue weighted by atomic mass is 16.2. The third kappa shape index (κ3) is 2.28. The van der Waals surface area contributed by atoms with Gasteiger partial charge in [0.1, 0.15) is 0 Å². The summed E-state index contributed by atoms with van der Waals surface area (Å²) in [5.74, 6) is 0.0826. The van der Waals surface area contributed by atoms with Crippen molar-refractivity contribution in [2.75, 3.05) is 0 Å². The zero-order valence-electron chi connectivity index (χ0n) is 10.9. The van der Waals surface area contributed by atoms with Crippen molar-refractivity contribution in [2.45, 2.75) is 12.3 Å². The number of primary amides is 1. The number of rotatable bonds is 2. The molecule has 1 atom stereocenters. The summed E-state index contributed by atoms with van der Waals surface area (Å²) in [6, 6.07) is 17.8. The van der Waals surface area contributed by atoms with Crippen LogP contribution in [-0.4, -0.2) is 11.7 Å². The quantitative estimate of drug-likeness (QED) is 0.804. The molecule has 0 aromatic heterocycles. The van der Waals surface area contributed by atoms with Gasteiger partial charge in [-0.05, 0) is 16.7 Å². The molecule has 1 aliphatic carbocycles. The van der Waals surface area contributed by atoms with E-state index in [1.807, 2.05) is 30.3 Å². The number of hydrogen-bond acceptors (Lipinski definition) is 2. The first kappa shape index (κ1) is 12.4. The molecule has 4 nitrogen and oxygen atoms in total. The number of carbonyl (C=O) groups is 1. The lowest BCUT2D eigenvalue weighted by Crippen LogP contribution is -2.26. The third-order valence-corrected chi connectivity index (χ3v) is 3.51. The van der Waals surface area contributed by atoms with Crippen molar-refractivity contribution in [3.63, 3.8) is 0 Å². The number of fused-ring (bicyclic) bond motifs is 1. The van der Waals surface area contributed by atoms with Gasteiger partial charge in [-0.3, -0.25) is 0 Å². The molecule has 0 bridgehead atoms. The first-order valence-corrected chi connectivity index (χ1v) is 6.50. The van der Waals surface area contributed by atoms with Gasteiger partial charge in [0.25, 0.3) is 0 Å². The summed E-state index contributed by atoms with van der Waals surface area (Å²) >= 11 is 0. The summed E-state index contributed by atoms with van der Waals surface area (Å²) in [4.78, 5) is 10.9. The Morgan fingerprint density at radius 2 is 1.80 bits per heavy atom. The molecule has 0 saturated carbocycles. The van der Waals surface area contributed by atoms with Crippen LogP contribution in [-0.2, 0) is 6.42 Å². The Kier molecular flexibility index (Phi) is 3.21. The summed E-state index contributed by atoms with van der Waals surface area (Å²) < 4.78 is 0. The minimum absolute atomic E-state index is 0.0826. The van der Waals surface area contributed by atoms with Crippen molar-refractivity contribution >= 4 is 11.7 Å². The Hall–Kier alpha value is -2.62. The van der Waals surface area contributed by atoms with E-state index >= 15 is 0 Å². The number of amides is 2. The van der Waals surface area contributed by atoms with Crippen LogP contribution in [0.5, 0.6) is 0 Å². The number of hydrogen-bond donors (Lipinski definition) is 2. The topological polar surface area (TPSA) is 67.5 Å². The summed E-state index contributed by atoms with van der Waals surface area (Å²) in [5, 5.41) is 4.19. The van der Waals surface area contributed by atoms with Crippen LogP contribution >= 0.6 is 0 Å². The summed E-state index contributed by atoms with van der Waals surface area (Å²) in [6.45, 7) is 0. The number of nitrogens with one attached hydrogen (secondary N) is 1. The first-order valence-electron chi connectivity index (χ1n) is 6.50. The molecule has 0 aliphatic heterocycles. The molecule has 2 aromatic rings. The Bertz CT molecular complexity index is 664. The molecule has 0 heterocycles. The maximum absolute atomic E-state index is 10.9. The fourth-order valence-electron chi connectivity index (χ4n) is 2.70. The van der Waals surface area contributed by atoms with Crippen molar-refractivity contribution in [1.82, 2.24) is 5.43 Å². The van der Waals surface area contributed by atoms with Crippen molar-refractivity contribution in [2.24, 2.45) is 10.8 Å². The van der Waals surface area contributed by atoms with Gasteiger partial charge in [0.15, 0.2) is 0 Å². The molecule has 1 unspecified atom stereocenters. The van der Waals surface area contributed by atoms with Gasteiger partial charge in [-0.25, -0.2) is 10.2 Å². The summed E-state index contributed by atoms with van der Waals surface area (Å²) in [5.41, 5.74) is 12.0. The molecule has 4 heteroatoms. The number of benzene rings is 2. The normalized spacial score (nSPS) is 18.8. The van der Waals surface area contributed by atoms with Crippen LogP contribution in [0, 0.1) is 0 Å². The molecular formula is C16H15N3O. The van der Waals surface area contributed by atoms with E-state index in [0.717, 1.165) is 12.1 Å². The van der Waals surface area contributed by atoms with Crippen molar-refractivity contribution < 1.29 is 4.79 Å². The first-order chi connectivity index (χ1) is 9.75. The van der Waals surface area contributed by atoms with E-state index in [2.05, 4.69) is 34.8 Å². The van der Waals surface area contributed by atoms with Gasteiger partial charge >= 0.3 is 6.03 Å². The fraction of sp³-hybridized carbons (Fsp3) is 0.125. The number of carbonyl (C=O) groups excluding carboxylic acids is 1. The molecule has 0 radical (unpaired) electrons. The van der Waals surface area contributed by atoms with Crippen molar-refractivity contribution in [3.8, 4) is 0 Å². The monoisotopic (exact) mass is 265 g/mol. The Morgan fingerprint density at radius 3 is 2.55 bits per heavy atom. The van der Waals surface area contributed by atoms with E-state index in [9.17, 15) is 4.79 Å². The SMILES string of the molecule is NC(=O)NN=C1Cc2ccccc2C1c1ccccc1. The molecule has 2 aromatic carbocycles. The molecule has 3 N–H and O–H groups in total. The molecular weight excluding hydrogens is 250 g/mol. The van der Waals surface area contributed by atoms with Crippen LogP contribution < -0.4 is 11.2 Å². The molecule has 0 saturated heterocycles. The van der Waals surface area contributed by atoms with Crippen LogP contribution in [0.2, 0.25) is 0 Å². The predicted octanol–water partition coefficient (Wildman–Crippen LogP) is 2.40. The summed E-state index contributed by atoms with van der Waals surface area (Å²) in [6.07, 6.45) is 0.732. The maximum Gasteiger partial charge on any atom is 0.332 e. The molecule has 1 aliphatic rings. The lowest BCUT2D eigenvalue weighted by molar-refractivity contribution is 0.249. The largest absolute Gasteiger partial charge is 0.350 e. The Morgan fingerprint density at radius 1 is 1.10 bits per heavy atom. The molecule has 100 valence electrons. The number of hydrazone groups is 1. The minimum atomic E-state index is -0.639. The van der Waals surface area contributed by atoms with Gasteiger partial charge in [-0.15, -0.1) is 0 Å².